The number of benzene rings is 3. The van der Waals surface area contributed by atoms with E-state index in [1.165, 1.54) is 36.0 Å². The minimum atomic E-state index is -0.338. The molecule has 5 nitrogen and oxygen atoms in total. The summed E-state index contributed by atoms with van der Waals surface area (Å²) in [7, 11) is 0. The number of likely N-dealkylation sites (tertiary alicyclic amines) is 1. The highest BCUT2D eigenvalue weighted by molar-refractivity contribution is 5.66. The molecule has 2 heterocycles. The van der Waals surface area contributed by atoms with E-state index in [4.69, 9.17) is 4.74 Å². The number of rotatable bonds is 6. The standard InChI is InChI=1S/C33H39FN2O3/c1-22-33(2)28-12-9-25(37)19-24(28)7-11-29(33)27-10-8-26(38)20-31(27)36(22)21-23-6-13-32(30(34)18-23)39-17-16-35-14-4-3-5-15-35/h6,8-10,12-13,18-20,22,29,37-38H,3-5,7,11,14-17,21H2,1-2H3. The fourth-order valence-electron chi connectivity index (χ4n) is 7.35. The number of hydrogen-bond donors (Lipinski definition) is 2. The minimum Gasteiger partial charge on any atom is -0.508 e. The lowest BCUT2D eigenvalue weighted by Gasteiger charge is -2.56. The molecule has 0 saturated carbocycles. The predicted octanol–water partition coefficient (Wildman–Crippen LogP) is 6.50. The molecule has 39 heavy (non-hydrogen) atoms. The molecule has 0 spiro atoms. The molecule has 3 aliphatic rings. The molecule has 6 rings (SSSR count). The van der Waals surface area contributed by atoms with E-state index in [0.29, 0.717) is 24.7 Å². The van der Waals surface area contributed by atoms with Crippen LogP contribution >= 0.6 is 0 Å². The second kappa shape index (κ2) is 10.4. The van der Waals surface area contributed by atoms with Crippen LogP contribution in [0.5, 0.6) is 17.2 Å². The van der Waals surface area contributed by atoms with E-state index in [9.17, 15) is 10.2 Å². The van der Waals surface area contributed by atoms with E-state index in [1.54, 1.807) is 24.3 Å². The van der Waals surface area contributed by atoms with Gasteiger partial charge in [0.15, 0.2) is 11.6 Å². The van der Waals surface area contributed by atoms with Gasteiger partial charge in [0.2, 0.25) is 0 Å². The topological polar surface area (TPSA) is 56.2 Å². The molecule has 1 saturated heterocycles. The van der Waals surface area contributed by atoms with Gasteiger partial charge in [0.05, 0.1) is 0 Å². The first-order chi connectivity index (χ1) is 18.8. The molecule has 0 radical (unpaired) electrons. The number of anilines is 1. The Bertz CT molecular complexity index is 1350. The van der Waals surface area contributed by atoms with E-state index in [-0.39, 0.29) is 28.9 Å². The molecule has 2 aliphatic heterocycles. The maximum Gasteiger partial charge on any atom is 0.165 e. The van der Waals surface area contributed by atoms with Gasteiger partial charge in [-0.3, -0.25) is 4.90 Å². The number of fused-ring (bicyclic) bond motifs is 5. The molecule has 0 aromatic heterocycles. The molecule has 3 aromatic rings. The molecule has 6 heteroatoms. The zero-order valence-electron chi connectivity index (χ0n) is 23.0. The average molecular weight is 531 g/mol. The van der Waals surface area contributed by atoms with Crippen molar-refractivity contribution >= 4 is 5.69 Å². The zero-order chi connectivity index (χ0) is 27.1. The first-order valence-corrected chi connectivity index (χ1v) is 14.4. The number of aryl methyl sites for hydroxylation is 1. The van der Waals surface area contributed by atoms with Crippen molar-refractivity contribution < 1.29 is 19.3 Å². The maximum absolute atomic E-state index is 15.2. The lowest BCUT2D eigenvalue weighted by atomic mass is 9.56. The van der Waals surface area contributed by atoms with E-state index in [2.05, 4.69) is 35.8 Å². The van der Waals surface area contributed by atoms with Crippen LogP contribution in [0.1, 0.15) is 67.7 Å². The Morgan fingerprint density at radius 1 is 0.974 bits per heavy atom. The van der Waals surface area contributed by atoms with Gasteiger partial charge < -0.3 is 19.8 Å². The first-order valence-electron chi connectivity index (χ1n) is 14.4. The predicted molar refractivity (Wildman–Crippen MR) is 152 cm³/mol. The van der Waals surface area contributed by atoms with Gasteiger partial charge in [-0.25, -0.2) is 4.39 Å². The highest BCUT2D eigenvalue weighted by Gasteiger charge is 2.51. The number of phenols is 2. The van der Waals surface area contributed by atoms with Crippen LogP contribution in [0.2, 0.25) is 0 Å². The summed E-state index contributed by atoms with van der Waals surface area (Å²) in [5.41, 5.74) is 5.33. The van der Waals surface area contributed by atoms with Crippen LogP contribution in [0.25, 0.3) is 0 Å². The molecular formula is C33H39FN2O3. The third kappa shape index (κ3) is 4.73. The SMILES string of the molecule is CC1N(Cc2ccc(OCCN3CCCCC3)c(F)c2)c2cc(O)ccc2C2CCc3cc(O)ccc3C21C. The number of phenolic OH excluding ortho intramolecular Hbond substituents is 2. The number of aromatic hydroxyl groups is 2. The van der Waals surface area contributed by atoms with Gasteiger partial charge in [-0.05, 0) is 104 Å². The summed E-state index contributed by atoms with van der Waals surface area (Å²) in [6.45, 7) is 8.57. The lowest BCUT2D eigenvalue weighted by Crippen LogP contribution is -2.55. The summed E-state index contributed by atoms with van der Waals surface area (Å²) < 4.78 is 21.0. The molecule has 0 amide bonds. The second-order valence-corrected chi connectivity index (χ2v) is 11.8. The fourth-order valence-corrected chi connectivity index (χ4v) is 7.35. The van der Waals surface area contributed by atoms with Crippen molar-refractivity contribution in [1.82, 2.24) is 4.90 Å². The number of ether oxygens (including phenoxy) is 1. The van der Waals surface area contributed by atoms with Gasteiger partial charge in [0.1, 0.15) is 18.1 Å². The van der Waals surface area contributed by atoms with Crippen LogP contribution < -0.4 is 9.64 Å². The smallest absolute Gasteiger partial charge is 0.165 e. The van der Waals surface area contributed by atoms with E-state index in [1.807, 2.05) is 18.2 Å². The van der Waals surface area contributed by atoms with Gasteiger partial charge >= 0.3 is 0 Å². The summed E-state index contributed by atoms with van der Waals surface area (Å²) in [5.74, 6) is 0.779. The fraction of sp³-hybridized carbons (Fsp3) is 0.455. The Labute approximate surface area is 230 Å². The highest BCUT2D eigenvalue weighted by atomic mass is 19.1. The number of hydrogen-bond acceptors (Lipinski definition) is 5. The summed E-state index contributed by atoms with van der Waals surface area (Å²) in [5, 5.41) is 20.6. The Hall–Kier alpha value is -3.25. The van der Waals surface area contributed by atoms with Crippen molar-refractivity contribution in [3.05, 3.63) is 82.7 Å². The third-order valence-electron chi connectivity index (χ3n) is 9.59. The van der Waals surface area contributed by atoms with Crippen molar-refractivity contribution in [1.29, 1.82) is 0 Å². The van der Waals surface area contributed by atoms with Crippen LogP contribution in [-0.4, -0.2) is 47.4 Å². The van der Waals surface area contributed by atoms with Crippen LogP contribution in [0.3, 0.4) is 0 Å². The summed E-state index contributed by atoms with van der Waals surface area (Å²) >= 11 is 0. The molecule has 0 bridgehead atoms. The van der Waals surface area contributed by atoms with Crippen molar-refractivity contribution in [2.75, 3.05) is 31.1 Å². The van der Waals surface area contributed by atoms with E-state index in [0.717, 1.165) is 43.7 Å². The van der Waals surface area contributed by atoms with Gasteiger partial charge in [0.25, 0.3) is 0 Å². The number of halogens is 1. The van der Waals surface area contributed by atoms with Crippen LogP contribution in [0.15, 0.2) is 54.6 Å². The normalized spacial score (nSPS) is 24.5. The van der Waals surface area contributed by atoms with Gasteiger partial charge in [0, 0.05) is 36.3 Å². The molecule has 3 unspecified atom stereocenters. The number of piperidine rings is 1. The zero-order valence-corrected chi connectivity index (χ0v) is 23.0. The molecule has 1 aliphatic carbocycles. The largest absolute Gasteiger partial charge is 0.508 e. The molecule has 3 atom stereocenters. The Balaban J connectivity index is 1.27. The Morgan fingerprint density at radius 2 is 1.74 bits per heavy atom. The minimum absolute atomic E-state index is 0.0731. The van der Waals surface area contributed by atoms with Crippen molar-refractivity contribution in [2.45, 2.75) is 69.9 Å². The monoisotopic (exact) mass is 530 g/mol. The maximum atomic E-state index is 15.2. The molecule has 206 valence electrons. The van der Waals surface area contributed by atoms with Gasteiger partial charge in [-0.15, -0.1) is 0 Å². The summed E-state index contributed by atoms with van der Waals surface area (Å²) in [6.07, 6.45) is 5.63. The average Bonchev–Trinajstić information content (AvgIpc) is 2.93. The van der Waals surface area contributed by atoms with Crippen LogP contribution in [-0.2, 0) is 18.4 Å². The van der Waals surface area contributed by atoms with Crippen LogP contribution in [0.4, 0.5) is 10.1 Å². The van der Waals surface area contributed by atoms with Gasteiger partial charge in [-0.2, -0.15) is 0 Å². The Morgan fingerprint density at radius 3 is 2.54 bits per heavy atom. The van der Waals surface area contributed by atoms with Crippen molar-refractivity contribution in [2.24, 2.45) is 0 Å². The second-order valence-electron chi connectivity index (χ2n) is 11.8. The van der Waals surface area contributed by atoms with E-state index >= 15 is 4.39 Å². The molecule has 3 aromatic carbocycles. The molecule has 2 N–H and O–H groups in total. The van der Waals surface area contributed by atoms with Crippen molar-refractivity contribution in [3.8, 4) is 17.2 Å². The third-order valence-corrected chi connectivity index (χ3v) is 9.59. The first kappa shape index (κ1) is 26.0. The Kier molecular flexibility index (Phi) is 6.92. The lowest BCUT2D eigenvalue weighted by molar-refractivity contribution is 0.180. The van der Waals surface area contributed by atoms with Gasteiger partial charge in [-0.1, -0.05) is 31.5 Å². The molecule has 1 fully saturated rings. The highest BCUT2D eigenvalue weighted by Crippen LogP contribution is 2.57. The van der Waals surface area contributed by atoms with Crippen molar-refractivity contribution in [3.63, 3.8) is 0 Å². The number of nitrogens with zero attached hydrogens (tertiary/aromatic N) is 2. The summed E-state index contributed by atoms with van der Waals surface area (Å²) in [6, 6.07) is 16.8. The quantitative estimate of drug-likeness (QED) is 0.381. The molecular weight excluding hydrogens is 491 g/mol. The van der Waals surface area contributed by atoms with Crippen LogP contribution in [0, 0.1) is 5.82 Å². The summed E-state index contributed by atoms with van der Waals surface area (Å²) in [4.78, 5) is 4.69. The van der Waals surface area contributed by atoms with E-state index < -0.39 is 0 Å².